The molecule has 9 heteroatoms. The zero-order valence-electron chi connectivity index (χ0n) is 8.28. The summed E-state index contributed by atoms with van der Waals surface area (Å²) in [5, 5.41) is 16.0. The van der Waals surface area contributed by atoms with E-state index in [4.69, 9.17) is 5.11 Å². The quantitative estimate of drug-likeness (QED) is 0.706. The van der Waals surface area contributed by atoms with E-state index in [9.17, 15) is 22.8 Å². The summed E-state index contributed by atoms with van der Waals surface area (Å²) in [7, 11) is 0. The first kappa shape index (κ1) is 13.0. The Morgan fingerprint density at radius 1 is 1.53 bits per heavy atom. The van der Waals surface area contributed by atoms with Crippen molar-refractivity contribution < 1.29 is 27.9 Å². The van der Waals surface area contributed by atoms with Gasteiger partial charge < -0.3 is 10.4 Å². The van der Waals surface area contributed by atoms with Crippen molar-refractivity contribution in [2.75, 3.05) is 0 Å². The minimum Gasteiger partial charge on any atom is -0.480 e. The second-order valence-electron chi connectivity index (χ2n) is 3.17. The number of amides is 1. The van der Waals surface area contributed by atoms with E-state index in [0.29, 0.717) is 5.56 Å². The number of aliphatic carboxylic acids is 1. The Morgan fingerprint density at radius 3 is 2.59 bits per heavy atom. The summed E-state index contributed by atoms with van der Waals surface area (Å²) in [4.78, 5) is 21.3. The molecule has 0 radical (unpaired) electrons. The summed E-state index contributed by atoms with van der Waals surface area (Å²) in [5.74, 6) is -3.84. The third kappa shape index (κ3) is 3.78. The van der Waals surface area contributed by atoms with Gasteiger partial charge in [-0.05, 0) is 5.56 Å². The van der Waals surface area contributed by atoms with Crippen LogP contribution >= 0.6 is 0 Å². The highest BCUT2D eigenvalue weighted by Crippen LogP contribution is 2.15. The molecule has 1 aromatic heterocycles. The predicted molar refractivity (Wildman–Crippen MR) is 47.9 cm³/mol. The third-order valence-corrected chi connectivity index (χ3v) is 1.86. The molecule has 0 unspecified atom stereocenters. The van der Waals surface area contributed by atoms with Gasteiger partial charge in [0.25, 0.3) is 0 Å². The van der Waals surface area contributed by atoms with Crippen LogP contribution in [0.1, 0.15) is 5.56 Å². The number of carboxylic acids is 1. The summed E-state index contributed by atoms with van der Waals surface area (Å²) in [6.07, 6.45) is -2.80. The van der Waals surface area contributed by atoms with E-state index in [2.05, 4.69) is 10.2 Å². The molecule has 0 saturated heterocycles. The van der Waals surface area contributed by atoms with Gasteiger partial charge in [0.2, 0.25) is 0 Å². The standard InChI is InChI=1S/C8H8F3N3O3/c9-8(10,11)7(17)14-5(6(15)16)1-4-2-12-13-3-4/h2-3,5H,1H2,(H,12,13)(H,14,17)(H,15,16)/t5-/m0/s1. The number of alkyl halides is 3. The SMILES string of the molecule is O=C(O)[C@H](Cc1cn[nH]c1)NC(=O)C(F)(F)F. The van der Waals surface area contributed by atoms with Gasteiger partial charge in [-0.25, -0.2) is 4.79 Å². The normalized spacial score (nSPS) is 13.1. The van der Waals surface area contributed by atoms with Gasteiger partial charge >= 0.3 is 18.1 Å². The molecule has 0 aliphatic heterocycles. The fourth-order valence-electron chi connectivity index (χ4n) is 1.07. The average molecular weight is 251 g/mol. The second-order valence-corrected chi connectivity index (χ2v) is 3.17. The van der Waals surface area contributed by atoms with E-state index in [1.807, 2.05) is 0 Å². The smallest absolute Gasteiger partial charge is 0.471 e. The van der Waals surface area contributed by atoms with E-state index in [0.717, 1.165) is 0 Å². The van der Waals surface area contributed by atoms with Gasteiger partial charge in [-0.3, -0.25) is 9.89 Å². The number of nitrogens with one attached hydrogen (secondary N) is 2. The average Bonchev–Trinajstić information content (AvgIpc) is 2.67. The third-order valence-electron chi connectivity index (χ3n) is 1.86. The van der Waals surface area contributed by atoms with Crippen LogP contribution in [0.15, 0.2) is 12.4 Å². The van der Waals surface area contributed by atoms with E-state index in [-0.39, 0.29) is 6.42 Å². The lowest BCUT2D eigenvalue weighted by molar-refractivity contribution is -0.175. The molecule has 1 atom stereocenters. The molecule has 0 bridgehead atoms. The monoisotopic (exact) mass is 251 g/mol. The molecule has 0 aliphatic rings. The molecule has 0 saturated carbocycles. The van der Waals surface area contributed by atoms with Crippen molar-refractivity contribution in [1.82, 2.24) is 15.5 Å². The van der Waals surface area contributed by atoms with Crippen molar-refractivity contribution in [3.63, 3.8) is 0 Å². The molecule has 1 heterocycles. The largest absolute Gasteiger partial charge is 0.480 e. The topological polar surface area (TPSA) is 95.1 Å². The van der Waals surface area contributed by atoms with E-state index in [1.54, 1.807) is 0 Å². The zero-order valence-corrected chi connectivity index (χ0v) is 8.28. The first-order valence-electron chi connectivity index (χ1n) is 4.39. The van der Waals surface area contributed by atoms with E-state index >= 15 is 0 Å². The van der Waals surface area contributed by atoms with Gasteiger partial charge in [0, 0.05) is 12.6 Å². The molecule has 0 aromatic carbocycles. The first-order chi connectivity index (χ1) is 7.80. The van der Waals surface area contributed by atoms with Crippen molar-refractivity contribution >= 4 is 11.9 Å². The Balaban J connectivity index is 2.68. The number of hydrogen-bond donors (Lipinski definition) is 3. The zero-order chi connectivity index (χ0) is 13.1. The van der Waals surface area contributed by atoms with E-state index < -0.39 is 24.1 Å². The first-order valence-corrected chi connectivity index (χ1v) is 4.39. The second kappa shape index (κ2) is 4.85. The van der Waals surface area contributed by atoms with Crippen LogP contribution in [0.25, 0.3) is 0 Å². The van der Waals surface area contributed by atoms with Gasteiger partial charge in [0.1, 0.15) is 6.04 Å². The van der Waals surface area contributed by atoms with Gasteiger partial charge in [0.05, 0.1) is 6.20 Å². The lowest BCUT2D eigenvalue weighted by Crippen LogP contribution is -2.47. The number of rotatable bonds is 4. The Labute approximate surface area is 92.8 Å². The van der Waals surface area contributed by atoms with Crippen molar-refractivity contribution in [3.8, 4) is 0 Å². The number of carbonyl (C=O) groups is 2. The Bertz CT molecular complexity index is 402. The molecule has 0 fully saturated rings. The minimum atomic E-state index is -5.11. The maximum atomic E-state index is 11.9. The lowest BCUT2D eigenvalue weighted by Gasteiger charge is -2.14. The molecule has 17 heavy (non-hydrogen) atoms. The lowest BCUT2D eigenvalue weighted by atomic mass is 10.1. The van der Waals surface area contributed by atoms with Crippen molar-refractivity contribution in [1.29, 1.82) is 0 Å². The van der Waals surface area contributed by atoms with Crippen LogP contribution in [0.2, 0.25) is 0 Å². The summed E-state index contributed by atoms with van der Waals surface area (Å²) in [6, 6.07) is -1.65. The highest BCUT2D eigenvalue weighted by Gasteiger charge is 2.40. The Hall–Kier alpha value is -2.06. The molecule has 6 nitrogen and oxygen atoms in total. The minimum absolute atomic E-state index is 0.284. The van der Waals surface area contributed by atoms with Gasteiger partial charge in [0.15, 0.2) is 0 Å². The van der Waals surface area contributed by atoms with Crippen molar-refractivity contribution in [3.05, 3.63) is 18.0 Å². The summed E-state index contributed by atoms with van der Waals surface area (Å²) in [5.41, 5.74) is 0.375. The molecular weight excluding hydrogens is 243 g/mol. The molecule has 1 aromatic rings. The van der Waals surface area contributed by atoms with Crippen LogP contribution < -0.4 is 5.32 Å². The van der Waals surface area contributed by atoms with Crippen LogP contribution in [-0.4, -0.2) is 39.4 Å². The summed E-state index contributed by atoms with van der Waals surface area (Å²) >= 11 is 0. The Morgan fingerprint density at radius 2 is 2.18 bits per heavy atom. The maximum Gasteiger partial charge on any atom is 0.471 e. The van der Waals surface area contributed by atoms with Crippen LogP contribution in [0.4, 0.5) is 13.2 Å². The summed E-state index contributed by atoms with van der Waals surface area (Å²) < 4.78 is 35.8. The fraction of sp³-hybridized carbons (Fsp3) is 0.375. The molecule has 0 spiro atoms. The number of aromatic amines is 1. The van der Waals surface area contributed by atoms with Gasteiger partial charge in [-0.15, -0.1) is 0 Å². The molecule has 3 N–H and O–H groups in total. The predicted octanol–water partition coefficient (Wildman–Crippen LogP) is 0.0839. The summed E-state index contributed by atoms with van der Waals surface area (Å²) in [6.45, 7) is 0. The highest BCUT2D eigenvalue weighted by molar-refractivity contribution is 5.87. The number of halogens is 3. The van der Waals surface area contributed by atoms with Crippen LogP contribution in [0.3, 0.4) is 0 Å². The number of H-pyrrole nitrogens is 1. The number of carbonyl (C=O) groups excluding carboxylic acids is 1. The fourth-order valence-corrected chi connectivity index (χ4v) is 1.07. The molecule has 1 rings (SSSR count). The van der Waals surface area contributed by atoms with Crippen LogP contribution in [0.5, 0.6) is 0 Å². The van der Waals surface area contributed by atoms with Gasteiger partial charge in [-0.2, -0.15) is 18.3 Å². The molecular formula is C8H8F3N3O3. The number of hydrogen-bond acceptors (Lipinski definition) is 3. The highest BCUT2D eigenvalue weighted by atomic mass is 19.4. The number of carboxylic acid groups (broad SMARTS) is 1. The van der Waals surface area contributed by atoms with Gasteiger partial charge in [-0.1, -0.05) is 0 Å². The van der Waals surface area contributed by atoms with Crippen LogP contribution in [0, 0.1) is 0 Å². The van der Waals surface area contributed by atoms with E-state index in [1.165, 1.54) is 17.7 Å². The molecule has 0 aliphatic carbocycles. The number of nitrogens with zero attached hydrogens (tertiary/aromatic N) is 1. The van der Waals surface area contributed by atoms with Crippen molar-refractivity contribution in [2.45, 2.75) is 18.6 Å². The van der Waals surface area contributed by atoms with Crippen molar-refractivity contribution in [2.24, 2.45) is 0 Å². The maximum absolute atomic E-state index is 11.9. The molecule has 94 valence electrons. The van der Waals surface area contributed by atoms with Crippen LogP contribution in [-0.2, 0) is 16.0 Å². The number of aromatic nitrogens is 2. The molecule has 1 amide bonds. The Kier molecular flexibility index (Phi) is 3.71.